The van der Waals surface area contributed by atoms with Gasteiger partial charge in [-0.15, -0.1) is 0 Å². The van der Waals surface area contributed by atoms with Gasteiger partial charge in [-0.25, -0.2) is 0 Å². The second kappa shape index (κ2) is 6.53. The van der Waals surface area contributed by atoms with Gasteiger partial charge in [-0.1, -0.05) is 0 Å². The fourth-order valence-corrected chi connectivity index (χ4v) is 1.95. The van der Waals surface area contributed by atoms with E-state index >= 15 is 0 Å². The monoisotopic (exact) mass is 352 g/mol. The van der Waals surface area contributed by atoms with Crippen molar-refractivity contribution in [2.45, 2.75) is 36.8 Å². The van der Waals surface area contributed by atoms with Crippen molar-refractivity contribution in [1.82, 2.24) is 0 Å². The van der Waals surface area contributed by atoms with Crippen LogP contribution >= 0.6 is 11.8 Å². The minimum atomic E-state index is -6.88. The van der Waals surface area contributed by atoms with Crippen LogP contribution in [0.1, 0.15) is 12.8 Å². The quantitative estimate of drug-likeness (QED) is 0.529. The van der Waals surface area contributed by atoms with Crippen molar-refractivity contribution in [3.05, 3.63) is 0 Å². The van der Waals surface area contributed by atoms with Crippen molar-refractivity contribution in [3.63, 3.8) is 0 Å². The molecule has 0 saturated carbocycles. The Morgan fingerprint density at radius 1 is 0.857 bits per heavy atom. The van der Waals surface area contributed by atoms with E-state index in [9.17, 15) is 44.3 Å². The van der Waals surface area contributed by atoms with Gasteiger partial charge in [0.05, 0.1) is 6.42 Å². The molecule has 0 rings (SSSR count). The maximum absolute atomic E-state index is 13.0. The SMILES string of the molecule is O=C(O)CCSCCC(F)(F)C(F)(F)C(F)(F)C(F)(F)F. The molecule has 0 aromatic carbocycles. The molecule has 0 bridgehead atoms. The average molecular weight is 352 g/mol. The van der Waals surface area contributed by atoms with Crippen molar-refractivity contribution in [3.8, 4) is 0 Å². The molecule has 1 N–H and O–H groups in total. The lowest BCUT2D eigenvalue weighted by atomic mass is 10.0. The number of halogens is 9. The van der Waals surface area contributed by atoms with Gasteiger partial charge in [0, 0.05) is 12.2 Å². The summed E-state index contributed by atoms with van der Waals surface area (Å²) in [5.74, 6) is -21.6. The number of thioether (sulfide) groups is 1. The van der Waals surface area contributed by atoms with Gasteiger partial charge >= 0.3 is 29.9 Å². The summed E-state index contributed by atoms with van der Waals surface area (Å²) in [4.78, 5) is 10.1. The number of alkyl halides is 9. The molecule has 0 aliphatic rings. The zero-order chi connectivity index (χ0) is 17.1. The number of carboxylic acids is 1. The number of carboxylic acid groups (broad SMARTS) is 1. The molecule has 0 aliphatic heterocycles. The van der Waals surface area contributed by atoms with Crippen LogP contribution in [0.15, 0.2) is 0 Å². The van der Waals surface area contributed by atoms with Crippen LogP contribution in [0.2, 0.25) is 0 Å². The smallest absolute Gasteiger partial charge is 0.460 e. The Hall–Kier alpha value is -0.810. The van der Waals surface area contributed by atoms with Gasteiger partial charge in [0.2, 0.25) is 0 Å². The first-order valence-corrected chi connectivity index (χ1v) is 6.32. The Bertz CT molecular complexity index is 367. The van der Waals surface area contributed by atoms with Gasteiger partial charge in [-0.2, -0.15) is 51.3 Å². The number of hydrogen-bond donors (Lipinski definition) is 1. The van der Waals surface area contributed by atoms with E-state index in [0.29, 0.717) is 11.8 Å². The second-order valence-electron chi connectivity index (χ2n) is 3.86. The molecule has 126 valence electrons. The zero-order valence-corrected chi connectivity index (χ0v) is 10.8. The molecule has 0 spiro atoms. The third kappa shape index (κ3) is 4.58. The van der Waals surface area contributed by atoms with Crippen LogP contribution in [-0.2, 0) is 4.79 Å². The summed E-state index contributed by atoms with van der Waals surface area (Å²) in [7, 11) is 0. The van der Waals surface area contributed by atoms with Gasteiger partial charge in [0.25, 0.3) is 0 Å². The number of aliphatic carboxylic acids is 1. The van der Waals surface area contributed by atoms with Crippen molar-refractivity contribution in [2.75, 3.05) is 11.5 Å². The zero-order valence-electron chi connectivity index (χ0n) is 9.99. The van der Waals surface area contributed by atoms with E-state index < -0.39 is 48.5 Å². The van der Waals surface area contributed by atoms with Gasteiger partial charge < -0.3 is 5.11 Å². The van der Waals surface area contributed by atoms with Crippen LogP contribution in [-0.4, -0.2) is 46.5 Å². The van der Waals surface area contributed by atoms with E-state index in [4.69, 9.17) is 5.11 Å². The van der Waals surface area contributed by atoms with Gasteiger partial charge in [-0.05, 0) is 5.75 Å². The third-order valence-corrected chi connectivity index (χ3v) is 3.22. The predicted molar refractivity (Wildman–Crippen MR) is 55.1 cm³/mol. The summed E-state index contributed by atoms with van der Waals surface area (Å²) in [6, 6.07) is 0. The minimum absolute atomic E-state index is 0.271. The van der Waals surface area contributed by atoms with Gasteiger partial charge in [0.1, 0.15) is 0 Å². The topological polar surface area (TPSA) is 37.3 Å². The summed E-state index contributed by atoms with van der Waals surface area (Å²) in [5.41, 5.74) is 0. The molecular formula is C9H9F9O2S. The first-order valence-electron chi connectivity index (χ1n) is 5.16. The lowest BCUT2D eigenvalue weighted by Gasteiger charge is -2.33. The van der Waals surface area contributed by atoms with E-state index in [1.807, 2.05) is 0 Å². The Kier molecular flexibility index (Phi) is 6.28. The molecule has 0 amide bonds. The predicted octanol–water partition coefficient (Wildman–Crippen LogP) is 4.05. The van der Waals surface area contributed by atoms with Crippen LogP contribution in [0, 0.1) is 0 Å². The third-order valence-electron chi connectivity index (χ3n) is 2.23. The first kappa shape index (κ1) is 20.2. The highest BCUT2D eigenvalue weighted by molar-refractivity contribution is 7.99. The Balaban J connectivity index is 4.77. The maximum Gasteiger partial charge on any atom is 0.460 e. The highest BCUT2D eigenvalue weighted by Gasteiger charge is 2.81. The summed E-state index contributed by atoms with van der Waals surface area (Å²) < 4.78 is 112. The van der Waals surface area contributed by atoms with Crippen molar-refractivity contribution in [1.29, 1.82) is 0 Å². The van der Waals surface area contributed by atoms with Crippen LogP contribution in [0.5, 0.6) is 0 Å². The van der Waals surface area contributed by atoms with Gasteiger partial charge in [0.15, 0.2) is 0 Å². The van der Waals surface area contributed by atoms with E-state index in [1.54, 1.807) is 0 Å². The molecule has 21 heavy (non-hydrogen) atoms. The Labute approximate surface area is 116 Å². The number of hydrogen-bond acceptors (Lipinski definition) is 2. The highest BCUT2D eigenvalue weighted by Crippen LogP contribution is 2.54. The normalized spacial score (nSPS) is 14.3. The lowest BCUT2D eigenvalue weighted by Crippen LogP contribution is -2.60. The second-order valence-corrected chi connectivity index (χ2v) is 5.08. The summed E-state index contributed by atoms with van der Waals surface area (Å²) in [6.45, 7) is 0. The molecule has 0 aromatic heterocycles. The van der Waals surface area contributed by atoms with Crippen LogP contribution in [0.3, 0.4) is 0 Å². The van der Waals surface area contributed by atoms with E-state index in [0.717, 1.165) is 0 Å². The Morgan fingerprint density at radius 3 is 1.71 bits per heavy atom. The van der Waals surface area contributed by atoms with E-state index in [-0.39, 0.29) is 5.75 Å². The highest BCUT2D eigenvalue weighted by atomic mass is 32.2. The summed E-state index contributed by atoms with van der Waals surface area (Å²) in [6.07, 6.45) is -9.27. The first-order chi connectivity index (χ1) is 9.17. The maximum atomic E-state index is 13.0. The molecule has 0 aromatic rings. The largest absolute Gasteiger partial charge is 0.481 e. The summed E-state index contributed by atoms with van der Waals surface area (Å²) in [5, 5.41) is 8.19. The summed E-state index contributed by atoms with van der Waals surface area (Å²) >= 11 is 0.422. The van der Waals surface area contributed by atoms with Crippen molar-refractivity contribution < 1.29 is 49.4 Å². The molecule has 2 nitrogen and oxygen atoms in total. The Morgan fingerprint density at radius 2 is 1.33 bits per heavy atom. The standard InChI is InChI=1S/C9H9F9O2S/c10-6(11,2-4-21-3-1-5(19)20)7(12,13)8(14,15)9(16,17)18/h1-4H2,(H,19,20). The molecular weight excluding hydrogens is 343 g/mol. The van der Waals surface area contributed by atoms with E-state index in [2.05, 4.69) is 0 Å². The van der Waals surface area contributed by atoms with Crippen molar-refractivity contribution in [2.24, 2.45) is 0 Å². The molecule has 0 aliphatic carbocycles. The lowest BCUT2D eigenvalue weighted by molar-refractivity contribution is -0.396. The van der Waals surface area contributed by atoms with Crippen LogP contribution in [0.25, 0.3) is 0 Å². The molecule has 0 unspecified atom stereocenters. The molecule has 0 saturated heterocycles. The van der Waals surface area contributed by atoms with Crippen LogP contribution in [0.4, 0.5) is 39.5 Å². The molecule has 12 heteroatoms. The molecule has 0 atom stereocenters. The van der Waals surface area contributed by atoms with Crippen LogP contribution < -0.4 is 0 Å². The van der Waals surface area contributed by atoms with E-state index in [1.165, 1.54) is 0 Å². The minimum Gasteiger partial charge on any atom is -0.481 e. The van der Waals surface area contributed by atoms with Crippen molar-refractivity contribution >= 4 is 17.7 Å². The average Bonchev–Trinajstić information content (AvgIpc) is 2.25. The molecule has 0 radical (unpaired) electrons. The number of rotatable bonds is 8. The van der Waals surface area contributed by atoms with Gasteiger partial charge in [-0.3, -0.25) is 4.79 Å². The molecule has 0 heterocycles. The fraction of sp³-hybridized carbons (Fsp3) is 0.889. The fourth-order valence-electron chi connectivity index (χ4n) is 1.03. The number of carbonyl (C=O) groups is 1. The molecule has 0 fully saturated rings.